The summed E-state index contributed by atoms with van der Waals surface area (Å²) < 4.78 is 6.37. The summed E-state index contributed by atoms with van der Waals surface area (Å²) in [7, 11) is 2.00. The molecular formula is C10H14BrNO. The summed E-state index contributed by atoms with van der Waals surface area (Å²) in [6.07, 6.45) is 4.01. The first kappa shape index (κ1) is 9.28. The number of rotatable bonds is 3. The minimum atomic E-state index is 0.403. The number of halogens is 1. The molecule has 0 amide bonds. The van der Waals surface area contributed by atoms with E-state index in [-0.39, 0.29) is 0 Å². The summed E-state index contributed by atoms with van der Waals surface area (Å²) in [5.41, 5.74) is 0. The number of furan rings is 1. The minimum absolute atomic E-state index is 0.403. The molecule has 1 N–H and O–H groups in total. The van der Waals surface area contributed by atoms with Gasteiger partial charge in [-0.15, -0.1) is 0 Å². The zero-order valence-electron chi connectivity index (χ0n) is 7.72. The van der Waals surface area contributed by atoms with Gasteiger partial charge in [-0.25, -0.2) is 0 Å². The molecule has 1 aliphatic carbocycles. The van der Waals surface area contributed by atoms with Crippen LogP contribution in [0.2, 0.25) is 0 Å². The summed E-state index contributed by atoms with van der Waals surface area (Å²) in [6, 6.07) is 4.40. The molecule has 72 valence electrons. The second-order valence-corrected chi connectivity index (χ2v) is 4.38. The van der Waals surface area contributed by atoms with Crippen LogP contribution in [0.5, 0.6) is 0 Å². The third-order valence-electron chi connectivity index (χ3n) is 2.83. The van der Waals surface area contributed by atoms with Gasteiger partial charge >= 0.3 is 0 Å². The lowest BCUT2D eigenvalue weighted by Crippen LogP contribution is -2.29. The second-order valence-electron chi connectivity index (χ2n) is 3.60. The van der Waals surface area contributed by atoms with E-state index in [0.717, 1.165) is 16.3 Å². The van der Waals surface area contributed by atoms with Crippen molar-refractivity contribution < 1.29 is 4.42 Å². The Labute approximate surface area is 86.8 Å². The highest BCUT2D eigenvalue weighted by Crippen LogP contribution is 2.38. The normalized spacial score (nSPS) is 19.8. The fourth-order valence-corrected chi connectivity index (χ4v) is 2.20. The lowest BCUT2D eigenvalue weighted by atomic mass is 9.79. The molecule has 0 spiro atoms. The predicted molar refractivity (Wildman–Crippen MR) is 55.5 cm³/mol. The summed E-state index contributed by atoms with van der Waals surface area (Å²) in [5, 5.41) is 3.32. The van der Waals surface area contributed by atoms with Gasteiger partial charge in [-0.1, -0.05) is 6.42 Å². The van der Waals surface area contributed by atoms with Gasteiger partial charge in [0.15, 0.2) is 4.67 Å². The SMILES string of the molecule is CNC(c1ccc(Br)o1)C1CCC1. The first-order valence-electron chi connectivity index (χ1n) is 4.74. The largest absolute Gasteiger partial charge is 0.453 e. The van der Waals surface area contributed by atoms with Gasteiger partial charge in [-0.05, 0) is 53.9 Å². The van der Waals surface area contributed by atoms with E-state index >= 15 is 0 Å². The van der Waals surface area contributed by atoms with Crippen LogP contribution in [0, 0.1) is 5.92 Å². The average molecular weight is 244 g/mol. The molecule has 1 aromatic heterocycles. The third-order valence-corrected chi connectivity index (χ3v) is 3.26. The Bertz CT molecular complexity index is 280. The standard InChI is InChI=1S/C10H14BrNO/c1-12-10(7-3-2-4-7)8-5-6-9(11)13-8/h5-7,10,12H,2-4H2,1H3. The van der Waals surface area contributed by atoms with Gasteiger partial charge < -0.3 is 9.73 Å². The average Bonchev–Trinajstić information content (AvgIpc) is 2.43. The molecule has 13 heavy (non-hydrogen) atoms. The first-order valence-corrected chi connectivity index (χ1v) is 5.53. The Kier molecular flexibility index (Phi) is 2.74. The lowest BCUT2D eigenvalue weighted by molar-refractivity contribution is 0.214. The van der Waals surface area contributed by atoms with Crippen LogP contribution in [-0.2, 0) is 0 Å². The van der Waals surface area contributed by atoms with E-state index in [0.29, 0.717) is 6.04 Å². The zero-order valence-corrected chi connectivity index (χ0v) is 9.30. The summed E-state index contributed by atoms with van der Waals surface area (Å²) in [5.74, 6) is 1.82. The van der Waals surface area contributed by atoms with Crippen LogP contribution in [0.4, 0.5) is 0 Å². The van der Waals surface area contributed by atoms with Crippen LogP contribution in [0.3, 0.4) is 0 Å². The van der Waals surface area contributed by atoms with Gasteiger partial charge in [0, 0.05) is 0 Å². The molecule has 2 rings (SSSR count). The number of hydrogen-bond acceptors (Lipinski definition) is 2. The van der Waals surface area contributed by atoms with Gasteiger partial charge in [-0.3, -0.25) is 0 Å². The molecule has 1 atom stereocenters. The molecule has 2 nitrogen and oxygen atoms in total. The van der Waals surface area contributed by atoms with Crippen molar-refractivity contribution in [2.75, 3.05) is 7.05 Å². The van der Waals surface area contributed by atoms with Crippen molar-refractivity contribution in [3.05, 3.63) is 22.6 Å². The molecule has 0 bridgehead atoms. The lowest BCUT2D eigenvalue weighted by Gasteiger charge is -2.32. The molecule has 1 heterocycles. The maximum atomic E-state index is 5.55. The highest BCUT2D eigenvalue weighted by molar-refractivity contribution is 9.10. The van der Waals surface area contributed by atoms with Crippen LogP contribution in [0.25, 0.3) is 0 Å². The monoisotopic (exact) mass is 243 g/mol. The van der Waals surface area contributed by atoms with Crippen LogP contribution in [0.1, 0.15) is 31.1 Å². The Morgan fingerprint density at radius 2 is 2.31 bits per heavy atom. The fraction of sp³-hybridized carbons (Fsp3) is 0.600. The highest BCUT2D eigenvalue weighted by atomic mass is 79.9. The highest BCUT2D eigenvalue weighted by Gasteiger charge is 2.29. The van der Waals surface area contributed by atoms with Gasteiger partial charge in [0.25, 0.3) is 0 Å². The Morgan fingerprint density at radius 3 is 2.69 bits per heavy atom. The van der Waals surface area contributed by atoms with Crippen molar-refractivity contribution in [2.24, 2.45) is 5.92 Å². The number of nitrogens with one attached hydrogen (secondary N) is 1. The summed E-state index contributed by atoms with van der Waals surface area (Å²) in [6.45, 7) is 0. The van der Waals surface area contributed by atoms with Crippen molar-refractivity contribution in [3.63, 3.8) is 0 Å². The van der Waals surface area contributed by atoms with Crippen LogP contribution >= 0.6 is 15.9 Å². The van der Waals surface area contributed by atoms with Crippen LogP contribution in [-0.4, -0.2) is 7.05 Å². The van der Waals surface area contributed by atoms with E-state index in [2.05, 4.69) is 21.2 Å². The summed E-state index contributed by atoms with van der Waals surface area (Å²) >= 11 is 3.32. The number of hydrogen-bond donors (Lipinski definition) is 1. The van der Waals surface area contributed by atoms with Gasteiger partial charge in [0.2, 0.25) is 0 Å². The van der Waals surface area contributed by atoms with Crippen molar-refractivity contribution in [1.82, 2.24) is 5.32 Å². The molecule has 1 fully saturated rings. The van der Waals surface area contributed by atoms with Gasteiger partial charge in [-0.2, -0.15) is 0 Å². The van der Waals surface area contributed by atoms with E-state index in [9.17, 15) is 0 Å². The van der Waals surface area contributed by atoms with Gasteiger partial charge in [0.1, 0.15) is 5.76 Å². The Balaban J connectivity index is 2.11. The molecule has 0 radical (unpaired) electrons. The molecule has 1 aromatic rings. The van der Waals surface area contributed by atoms with Crippen LogP contribution < -0.4 is 5.32 Å². The molecule has 1 aliphatic rings. The quantitative estimate of drug-likeness (QED) is 0.883. The van der Waals surface area contributed by atoms with Crippen molar-refractivity contribution in [1.29, 1.82) is 0 Å². The van der Waals surface area contributed by atoms with E-state index in [1.54, 1.807) is 0 Å². The van der Waals surface area contributed by atoms with E-state index in [4.69, 9.17) is 4.42 Å². The third kappa shape index (κ3) is 1.81. The van der Waals surface area contributed by atoms with Crippen LogP contribution in [0.15, 0.2) is 21.2 Å². The molecule has 0 aromatic carbocycles. The summed E-state index contributed by atoms with van der Waals surface area (Å²) in [4.78, 5) is 0. The molecule has 0 saturated heterocycles. The van der Waals surface area contributed by atoms with Crippen molar-refractivity contribution in [2.45, 2.75) is 25.3 Å². The molecule has 0 aliphatic heterocycles. The molecule has 1 saturated carbocycles. The fourth-order valence-electron chi connectivity index (χ4n) is 1.88. The topological polar surface area (TPSA) is 25.2 Å². The van der Waals surface area contributed by atoms with E-state index in [1.165, 1.54) is 19.3 Å². The van der Waals surface area contributed by atoms with Crippen molar-refractivity contribution in [3.8, 4) is 0 Å². The van der Waals surface area contributed by atoms with E-state index < -0.39 is 0 Å². The molecular weight excluding hydrogens is 230 g/mol. The molecule has 3 heteroatoms. The van der Waals surface area contributed by atoms with Crippen molar-refractivity contribution >= 4 is 15.9 Å². The maximum Gasteiger partial charge on any atom is 0.169 e. The smallest absolute Gasteiger partial charge is 0.169 e. The second kappa shape index (κ2) is 3.84. The van der Waals surface area contributed by atoms with Gasteiger partial charge in [0.05, 0.1) is 6.04 Å². The first-order chi connectivity index (χ1) is 6.31. The minimum Gasteiger partial charge on any atom is -0.453 e. The zero-order chi connectivity index (χ0) is 9.26. The Morgan fingerprint density at radius 1 is 1.54 bits per heavy atom. The predicted octanol–water partition coefficient (Wildman–Crippen LogP) is 3.10. The maximum absolute atomic E-state index is 5.55. The van der Waals surface area contributed by atoms with E-state index in [1.807, 2.05) is 19.2 Å². The molecule has 1 unspecified atom stereocenters. The Hall–Kier alpha value is -0.280.